The molecule has 8 nitrogen and oxygen atoms in total. The first-order chi connectivity index (χ1) is 19.5. The van der Waals surface area contributed by atoms with Crippen LogP contribution < -0.4 is 20.8 Å². The molecule has 0 radical (unpaired) electrons. The Bertz CT molecular complexity index is 1540. The van der Waals surface area contributed by atoms with Crippen molar-refractivity contribution in [2.45, 2.75) is 6.61 Å². The Morgan fingerprint density at radius 2 is 1.25 bits per heavy atom. The second kappa shape index (κ2) is 13.1. The van der Waals surface area contributed by atoms with Gasteiger partial charge in [0.05, 0.1) is 15.2 Å². The molecular weight excluding hydrogens is 641 g/mol. The van der Waals surface area contributed by atoms with Crippen LogP contribution in [0.15, 0.2) is 111 Å². The fourth-order valence-electron chi connectivity index (χ4n) is 3.56. The Labute approximate surface area is 247 Å². The number of nitrogens with zero attached hydrogens (tertiary/aromatic N) is 4. The van der Waals surface area contributed by atoms with Gasteiger partial charge in [0.1, 0.15) is 18.2 Å². The van der Waals surface area contributed by atoms with Crippen molar-refractivity contribution in [3.8, 4) is 5.75 Å². The van der Waals surface area contributed by atoms with Gasteiger partial charge in [0.15, 0.2) is 0 Å². The molecule has 3 N–H and O–H groups in total. The van der Waals surface area contributed by atoms with Crippen LogP contribution in [0.3, 0.4) is 0 Å². The lowest BCUT2D eigenvalue weighted by Gasteiger charge is -2.12. The first kappa shape index (κ1) is 27.2. The number of nitrogens with one attached hydrogen (secondary N) is 3. The van der Waals surface area contributed by atoms with Gasteiger partial charge < -0.3 is 15.4 Å². The van der Waals surface area contributed by atoms with Crippen molar-refractivity contribution in [2.75, 3.05) is 16.1 Å². The first-order valence-corrected chi connectivity index (χ1v) is 13.7. The van der Waals surface area contributed by atoms with Gasteiger partial charge in [-0.25, -0.2) is 9.82 Å². The molecule has 40 heavy (non-hydrogen) atoms. The molecule has 0 spiro atoms. The third kappa shape index (κ3) is 7.39. The number of ether oxygens (including phenoxy) is 1. The van der Waals surface area contributed by atoms with E-state index in [0.717, 1.165) is 16.9 Å². The summed E-state index contributed by atoms with van der Waals surface area (Å²) in [6.07, 6.45) is 1.62. The molecule has 11 heteroatoms. The van der Waals surface area contributed by atoms with Crippen molar-refractivity contribution in [3.05, 3.63) is 123 Å². The van der Waals surface area contributed by atoms with E-state index >= 15 is 0 Å². The molecule has 1 heterocycles. The number of aromatic nitrogens is 3. The summed E-state index contributed by atoms with van der Waals surface area (Å²) >= 11 is 7.06. The van der Waals surface area contributed by atoms with E-state index in [1.165, 1.54) is 6.07 Å². The summed E-state index contributed by atoms with van der Waals surface area (Å²) in [6, 6.07) is 29.4. The number of halogens is 3. The van der Waals surface area contributed by atoms with Crippen molar-refractivity contribution in [1.29, 1.82) is 0 Å². The smallest absolute Gasteiger partial charge is 0.250 e. The maximum Gasteiger partial charge on any atom is 0.250 e. The highest BCUT2D eigenvalue weighted by molar-refractivity contribution is 9.11. The molecule has 1 aromatic heterocycles. The van der Waals surface area contributed by atoms with E-state index in [9.17, 15) is 4.39 Å². The molecule has 0 amide bonds. The molecule has 200 valence electrons. The molecule has 0 unspecified atom stereocenters. The summed E-state index contributed by atoms with van der Waals surface area (Å²) in [4.78, 5) is 13.4. The van der Waals surface area contributed by atoms with E-state index in [4.69, 9.17) is 4.74 Å². The zero-order valence-electron chi connectivity index (χ0n) is 20.9. The Morgan fingerprint density at radius 3 is 1.82 bits per heavy atom. The molecule has 0 bridgehead atoms. The van der Waals surface area contributed by atoms with E-state index in [0.29, 0.717) is 32.2 Å². The zero-order valence-corrected chi connectivity index (χ0v) is 24.0. The summed E-state index contributed by atoms with van der Waals surface area (Å²) in [5.74, 6) is 1.18. The Kier molecular flexibility index (Phi) is 8.94. The molecular formula is C29H22Br2FN7O. The number of hydrogen-bond donors (Lipinski definition) is 3. The molecule has 0 fully saturated rings. The van der Waals surface area contributed by atoms with Crippen LogP contribution in [0.5, 0.6) is 5.75 Å². The quantitative estimate of drug-likeness (QED) is 0.103. The first-order valence-electron chi connectivity index (χ1n) is 12.1. The van der Waals surface area contributed by atoms with Crippen molar-refractivity contribution < 1.29 is 9.13 Å². The Morgan fingerprint density at radius 1 is 0.725 bits per heavy atom. The van der Waals surface area contributed by atoms with Crippen molar-refractivity contribution in [2.24, 2.45) is 5.10 Å². The van der Waals surface area contributed by atoms with Crippen molar-refractivity contribution in [3.63, 3.8) is 0 Å². The van der Waals surface area contributed by atoms with Gasteiger partial charge in [-0.1, -0.05) is 54.6 Å². The molecule has 0 saturated heterocycles. The monoisotopic (exact) mass is 661 g/mol. The summed E-state index contributed by atoms with van der Waals surface area (Å²) in [5, 5.41) is 10.7. The molecule has 4 aromatic carbocycles. The predicted molar refractivity (Wildman–Crippen MR) is 163 cm³/mol. The minimum Gasteiger partial charge on any atom is -0.486 e. The fraction of sp³-hybridized carbons (Fsp3) is 0.0345. The van der Waals surface area contributed by atoms with Gasteiger partial charge in [0.2, 0.25) is 17.8 Å². The average Bonchev–Trinajstić information content (AvgIpc) is 2.94. The summed E-state index contributed by atoms with van der Waals surface area (Å²) in [6.45, 7) is 0.0942. The average molecular weight is 663 g/mol. The highest BCUT2D eigenvalue weighted by Gasteiger charge is 2.11. The lowest BCUT2D eigenvalue weighted by Crippen LogP contribution is -2.07. The van der Waals surface area contributed by atoms with Crippen LogP contribution in [-0.4, -0.2) is 21.2 Å². The molecule has 0 atom stereocenters. The van der Waals surface area contributed by atoms with Gasteiger partial charge in [-0.05, 0) is 79.9 Å². The van der Waals surface area contributed by atoms with Crippen molar-refractivity contribution >= 4 is 67.3 Å². The van der Waals surface area contributed by atoms with Gasteiger partial charge in [-0.3, -0.25) is 0 Å². The maximum atomic E-state index is 14.0. The lowest BCUT2D eigenvalue weighted by molar-refractivity contribution is 0.296. The normalized spacial score (nSPS) is 10.9. The van der Waals surface area contributed by atoms with Crippen molar-refractivity contribution in [1.82, 2.24) is 15.0 Å². The van der Waals surface area contributed by atoms with Crippen LogP contribution in [-0.2, 0) is 6.61 Å². The highest BCUT2D eigenvalue weighted by atomic mass is 79.9. The number of hydrazone groups is 1. The zero-order chi connectivity index (χ0) is 27.7. The van der Waals surface area contributed by atoms with Crippen LogP contribution >= 0.6 is 31.9 Å². The number of para-hydroxylation sites is 2. The lowest BCUT2D eigenvalue weighted by atomic mass is 10.2. The summed E-state index contributed by atoms with van der Waals surface area (Å²) in [5.41, 5.74) is 5.78. The largest absolute Gasteiger partial charge is 0.486 e. The number of benzene rings is 4. The molecule has 5 aromatic rings. The second-order valence-corrected chi connectivity index (χ2v) is 10.1. The van der Waals surface area contributed by atoms with Gasteiger partial charge in [0, 0.05) is 16.9 Å². The highest BCUT2D eigenvalue weighted by Crippen LogP contribution is 2.35. The Hall–Kier alpha value is -4.35. The number of rotatable bonds is 10. The standard InChI is InChI=1S/C29H22Br2FN7O/c30-23-15-19(16-24(31)26(23)40-18-20-9-7-8-14-25(20)32)17-33-39-29-37-27(34-21-10-3-1-4-11-21)36-28(38-29)35-22-12-5-2-6-13-22/h1-17H,18H2,(H3,34,35,36,37,38,39)/b33-17-. The van der Waals surface area contributed by atoms with Crippen LogP contribution in [0.4, 0.5) is 33.6 Å². The molecule has 0 aliphatic heterocycles. The van der Waals surface area contributed by atoms with Crippen LogP contribution in [0.1, 0.15) is 11.1 Å². The second-order valence-electron chi connectivity index (χ2n) is 8.35. The Balaban J connectivity index is 1.31. The van der Waals surface area contributed by atoms with E-state index in [1.807, 2.05) is 72.8 Å². The predicted octanol–water partition coefficient (Wildman–Crippen LogP) is 8.05. The molecule has 0 aliphatic carbocycles. The maximum absolute atomic E-state index is 14.0. The molecule has 0 saturated carbocycles. The summed E-state index contributed by atoms with van der Waals surface area (Å²) in [7, 11) is 0. The molecule has 5 rings (SSSR count). The topological polar surface area (TPSA) is 96.4 Å². The SMILES string of the molecule is Fc1ccccc1COc1c(Br)cc(/C=N\Nc2nc(Nc3ccccc3)nc(Nc3ccccc3)n2)cc1Br. The minimum absolute atomic E-state index is 0.0942. The van der Waals surface area contributed by atoms with Crippen LogP contribution in [0, 0.1) is 5.82 Å². The molecule has 0 aliphatic rings. The third-order valence-electron chi connectivity index (χ3n) is 5.42. The number of anilines is 5. The minimum atomic E-state index is -0.313. The van der Waals surface area contributed by atoms with E-state index < -0.39 is 0 Å². The van der Waals surface area contributed by atoms with Gasteiger partial charge >= 0.3 is 0 Å². The van der Waals surface area contributed by atoms with Gasteiger partial charge in [0.25, 0.3) is 0 Å². The van der Waals surface area contributed by atoms with E-state index in [2.05, 4.69) is 68.0 Å². The van der Waals surface area contributed by atoms with Crippen LogP contribution in [0.25, 0.3) is 0 Å². The fourth-order valence-corrected chi connectivity index (χ4v) is 5.01. The van der Waals surface area contributed by atoms with E-state index in [-0.39, 0.29) is 18.4 Å². The van der Waals surface area contributed by atoms with Gasteiger partial charge in [-0.2, -0.15) is 20.1 Å². The summed E-state index contributed by atoms with van der Waals surface area (Å²) < 4.78 is 21.2. The van der Waals surface area contributed by atoms with E-state index in [1.54, 1.807) is 24.4 Å². The third-order valence-corrected chi connectivity index (χ3v) is 6.60. The number of hydrogen-bond acceptors (Lipinski definition) is 8. The van der Waals surface area contributed by atoms with Crippen LogP contribution in [0.2, 0.25) is 0 Å². The van der Waals surface area contributed by atoms with Gasteiger partial charge in [-0.15, -0.1) is 0 Å².